The highest BCUT2D eigenvalue weighted by Crippen LogP contribution is 2.28. The summed E-state index contributed by atoms with van der Waals surface area (Å²) in [6, 6.07) is 17.5. The molecule has 1 amide bonds. The predicted octanol–water partition coefficient (Wildman–Crippen LogP) is 5.67. The molecule has 1 aromatic heterocycles. The number of nitro groups is 1. The largest absolute Gasteiger partial charge is 0.436 e. The first-order valence-corrected chi connectivity index (χ1v) is 9.61. The Morgan fingerprint density at radius 2 is 1.94 bits per heavy atom. The van der Waals surface area contributed by atoms with Gasteiger partial charge in [0.1, 0.15) is 5.52 Å². The van der Waals surface area contributed by atoms with Crippen molar-refractivity contribution < 1.29 is 14.1 Å². The Bertz CT molecular complexity index is 1340. The molecule has 31 heavy (non-hydrogen) atoms. The van der Waals surface area contributed by atoms with Crippen molar-refractivity contribution in [2.75, 3.05) is 5.32 Å². The second-order valence-electron chi connectivity index (χ2n) is 7.19. The minimum absolute atomic E-state index is 0.0281. The number of benzene rings is 3. The number of nitro benzene ring substituents is 1. The summed E-state index contributed by atoms with van der Waals surface area (Å²) < 4.78 is 5.85. The van der Waals surface area contributed by atoms with E-state index in [9.17, 15) is 14.9 Å². The van der Waals surface area contributed by atoms with Crippen molar-refractivity contribution in [3.8, 4) is 11.5 Å². The Morgan fingerprint density at radius 1 is 1.10 bits per heavy atom. The Labute approximate surface area is 178 Å². The highest BCUT2D eigenvalue weighted by Gasteiger charge is 2.11. The van der Waals surface area contributed by atoms with Gasteiger partial charge in [-0.2, -0.15) is 0 Å². The lowest BCUT2D eigenvalue weighted by molar-refractivity contribution is -0.384. The van der Waals surface area contributed by atoms with Gasteiger partial charge < -0.3 is 9.73 Å². The zero-order valence-corrected chi connectivity index (χ0v) is 17.0. The number of nitrogens with zero attached hydrogens (tertiary/aromatic N) is 2. The number of carbonyl (C=O) groups excluding carboxylic acids is 1. The summed E-state index contributed by atoms with van der Waals surface area (Å²) >= 11 is 0. The van der Waals surface area contributed by atoms with E-state index in [1.54, 1.807) is 12.1 Å². The minimum atomic E-state index is -0.473. The van der Waals surface area contributed by atoms with E-state index in [0.29, 0.717) is 22.7 Å². The zero-order chi connectivity index (χ0) is 22.0. The number of amides is 1. The average molecular weight is 413 g/mol. The van der Waals surface area contributed by atoms with Crippen LogP contribution >= 0.6 is 0 Å². The van der Waals surface area contributed by atoms with Crippen molar-refractivity contribution in [3.05, 3.63) is 93.5 Å². The molecule has 0 aliphatic heterocycles. The van der Waals surface area contributed by atoms with Gasteiger partial charge in [-0.15, -0.1) is 0 Å². The number of non-ortho nitro benzene ring substituents is 1. The lowest BCUT2D eigenvalue weighted by Gasteiger charge is -2.08. The number of nitrogens with one attached hydrogen (secondary N) is 1. The van der Waals surface area contributed by atoms with Crippen LogP contribution < -0.4 is 5.32 Å². The molecule has 0 spiro atoms. The van der Waals surface area contributed by atoms with Crippen LogP contribution in [0, 0.1) is 24.0 Å². The minimum Gasteiger partial charge on any atom is -0.436 e. The summed E-state index contributed by atoms with van der Waals surface area (Å²) in [4.78, 5) is 27.4. The number of carbonyl (C=O) groups is 1. The maximum absolute atomic E-state index is 12.4. The van der Waals surface area contributed by atoms with Crippen LogP contribution in [0.25, 0.3) is 28.6 Å². The van der Waals surface area contributed by atoms with Gasteiger partial charge >= 0.3 is 0 Å². The topological polar surface area (TPSA) is 98.3 Å². The van der Waals surface area contributed by atoms with Crippen LogP contribution in [-0.4, -0.2) is 15.8 Å². The van der Waals surface area contributed by atoms with Crippen LogP contribution in [-0.2, 0) is 4.79 Å². The molecule has 0 unspecified atom stereocenters. The first-order valence-electron chi connectivity index (χ1n) is 9.61. The molecule has 1 heterocycles. The Balaban J connectivity index is 1.55. The number of aryl methyl sites for hydroxylation is 2. The molecule has 0 aliphatic carbocycles. The second-order valence-corrected chi connectivity index (χ2v) is 7.19. The van der Waals surface area contributed by atoms with Crippen molar-refractivity contribution in [2.45, 2.75) is 13.8 Å². The lowest BCUT2D eigenvalue weighted by Crippen LogP contribution is -2.09. The fourth-order valence-electron chi connectivity index (χ4n) is 3.14. The van der Waals surface area contributed by atoms with Gasteiger partial charge in [-0.25, -0.2) is 4.98 Å². The quantitative estimate of drug-likeness (QED) is 0.258. The summed E-state index contributed by atoms with van der Waals surface area (Å²) in [5, 5.41) is 13.7. The number of rotatable bonds is 5. The molecule has 3 aromatic carbocycles. The number of hydrogen-bond donors (Lipinski definition) is 1. The average Bonchev–Trinajstić information content (AvgIpc) is 3.17. The van der Waals surface area contributed by atoms with Gasteiger partial charge in [0, 0.05) is 29.5 Å². The smallest absolute Gasteiger partial charge is 0.270 e. The third kappa shape index (κ3) is 4.51. The van der Waals surface area contributed by atoms with Gasteiger partial charge in [0.05, 0.1) is 4.92 Å². The molecule has 0 aliphatic rings. The summed E-state index contributed by atoms with van der Waals surface area (Å²) in [6.45, 7) is 3.88. The first-order chi connectivity index (χ1) is 14.9. The van der Waals surface area contributed by atoms with E-state index in [4.69, 9.17) is 4.42 Å². The van der Waals surface area contributed by atoms with E-state index in [1.807, 2.05) is 50.2 Å². The van der Waals surface area contributed by atoms with E-state index in [1.165, 1.54) is 24.3 Å². The van der Waals surface area contributed by atoms with E-state index in [-0.39, 0.29) is 11.6 Å². The van der Waals surface area contributed by atoms with Gasteiger partial charge in [0.25, 0.3) is 5.69 Å². The van der Waals surface area contributed by atoms with Crippen molar-refractivity contribution in [3.63, 3.8) is 0 Å². The maximum Gasteiger partial charge on any atom is 0.270 e. The number of hydrogen-bond acceptors (Lipinski definition) is 5. The van der Waals surface area contributed by atoms with Gasteiger partial charge in [-0.05, 0) is 60.9 Å². The summed E-state index contributed by atoms with van der Waals surface area (Å²) in [6.07, 6.45) is 2.87. The standard InChI is InChI=1S/C24H19N3O4/c1-15-6-10-22-21(12-15)26-24(31-22)18-9-7-16(2)20(14-18)25-23(28)11-8-17-4-3-5-19(13-17)27(29)30/h3-14H,1-2H3,(H,25,28)/b11-8+. The van der Waals surface area contributed by atoms with Crippen LogP contribution in [0.1, 0.15) is 16.7 Å². The molecular weight excluding hydrogens is 394 g/mol. The van der Waals surface area contributed by atoms with Crippen LogP contribution in [0.2, 0.25) is 0 Å². The number of oxazole rings is 1. The molecule has 4 aromatic rings. The monoisotopic (exact) mass is 413 g/mol. The fraction of sp³-hybridized carbons (Fsp3) is 0.0833. The predicted molar refractivity (Wildman–Crippen MR) is 120 cm³/mol. The van der Waals surface area contributed by atoms with E-state index < -0.39 is 4.92 Å². The molecular formula is C24H19N3O4. The van der Waals surface area contributed by atoms with Crippen molar-refractivity contribution >= 4 is 34.5 Å². The molecule has 0 saturated heterocycles. The van der Waals surface area contributed by atoms with Crippen molar-refractivity contribution in [1.82, 2.24) is 4.98 Å². The summed E-state index contributed by atoms with van der Waals surface area (Å²) in [5.74, 6) is 0.128. The van der Waals surface area contributed by atoms with Crippen LogP contribution in [0.4, 0.5) is 11.4 Å². The van der Waals surface area contributed by atoms with Crippen LogP contribution in [0.3, 0.4) is 0 Å². The molecule has 0 bridgehead atoms. The van der Waals surface area contributed by atoms with E-state index in [2.05, 4.69) is 10.3 Å². The molecule has 7 nitrogen and oxygen atoms in total. The number of fused-ring (bicyclic) bond motifs is 1. The van der Waals surface area contributed by atoms with Gasteiger partial charge in [0.15, 0.2) is 5.58 Å². The summed E-state index contributed by atoms with van der Waals surface area (Å²) in [7, 11) is 0. The first kappa shape index (κ1) is 20.0. The van der Waals surface area contributed by atoms with E-state index >= 15 is 0 Å². The van der Waals surface area contributed by atoms with Gasteiger partial charge in [-0.1, -0.05) is 24.3 Å². The van der Waals surface area contributed by atoms with Crippen molar-refractivity contribution in [1.29, 1.82) is 0 Å². The Kier molecular flexibility index (Phi) is 5.32. The Hall–Kier alpha value is -4.26. The molecule has 1 N–H and O–H groups in total. The lowest BCUT2D eigenvalue weighted by atomic mass is 10.1. The highest BCUT2D eigenvalue weighted by atomic mass is 16.6. The SMILES string of the molecule is Cc1ccc2oc(-c3ccc(C)c(NC(=O)/C=C/c4cccc([N+](=O)[O-])c4)c3)nc2c1. The zero-order valence-electron chi connectivity index (χ0n) is 17.0. The van der Waals surface area contributed by atoms with Crippen LogP contribution in [0.5, 0.6) is 0 Å². The molecule has 4 rings (SSSR count). The van der Waals surface area contributed by atoms with Crippen molar-refractivity contribution in [2.24, 2.45) is 0 Å². The number of aromatic nitrogens is 1. The Morgan fingerprint density at radius 3 is 2.74 bits per heavy atom. The second kappa shape index (κ2) is 8.23. The number of anilines is 1. The molecule has 0 saturated carbocycles. The molecule has 0 atom stereocenters. The highest BCUT2D eigenvalue weighted by molar-refractivity contribution is 6.02. The molecule has 0 fully saturated rings. The van der Waals surface area contributed by atoms with Gasteiger partial charge in [-0.3, -0.25) is 14.9 Å². The van der Waals surface area contributed by atoms with Gasteiger partial charge in [0.2, 0.25) is 11.8 Å². The molecule has 7 heteroatoms. The van der Waals surface area contributed by atoms with Crippen LogP contribution in [0.15, 0.2) is 71.2 Å². The van der Waals surface area contributed by atoms with E-state index in [0.717, 1.165) is 22.2 Å². The third-order valence-electron chi connectivity index (χ3n) is 4.79. The molecule has 0 radical (unpaired) electrons. The summed E-state index contributed by atoms with van der Waals surface area (Å²) in [5.41, 5.74) is 5.37. The fourth-order valence-corrected chi connectivity index (χ4v) is 3.14. The molecule has 154 valence electrons. The normalized spacial score (nSPS) is 11.2. The maximum atomic E-state index is 12.4. The third-order valence-corrected chi connectivity index (χ3v) is 4.79.